The van der Waals surface area contributed by atoms with Gasteiger partial charge in [-0.1, -0.05) is 42.5 Å². The zero-order chi connectivity index (χ0) is 23.2. The number of amides is 2. The fourth-order valence-corrected chi connectivity index (χ4v) is 4.13. The molecule has 1 fully saturated rings. The van der Waals surface area contributed by atoms with E-state index in [1.54, 1.807) is 53.4 Å². The number of hydrogen-bond donors (Lipinski definition) is 0. The van der Waals surface area contributed by atoms with Crippen LogP contribution in [0.4, 0.5) is 0 Å². The van der Waals surface area contributed by atoms with Crippen molar-refractivity contribution < 1.29 is 14.3 Å². The van der Waals surface area contributed by atoms with Crippen LogP contribution in [0.25, 0.3) is 11.1 Å². The van der Waals surface area contributed by atoms with Crippen molar-refractivity contribution >= 4 is 11.8 Å². The number of ether oxygens (including phenoxy) is 1. The molecule has 1 atom stereocenters. The second kappa shape index (κ2) is 10.1. The van der Waals surface area contributed by atoms with Crippen LogP contribution in [0, 0.1) is 0 Å². The maximum atomic E-state index is 13.4. The van der Waals surface area contributed by atoms with E-state index in [4.69, 9.17) is 4.74 Å². The van der Waals surface area contributed by atoms with Crippen molar-refractivity contribution in [2.24, 2.45) is 0 Å². The minimum Gasteiger partial charge on any atom is -0.497 e. The SMILES string of the molecule is C=CCN1CCN(C(=O)c2cccc(OC)c2)C(Cc2ccc(-c3cccnc3)cc2)C1=O. The first kappa shape index (κ1) is 22.3. The predicted molar refractivity (Wildman–Crippen MR) is 128 cm³/mol. The Bertz CT molecular complexity index is 1130. The van der Waals surface area contributed by atoms with Gasteiger partial charge < -0.3 is 14.5 Å². The number of piperazine rings is 1. The summed E-state index contributed by atoms with van der Waals surface area (Å²) in [5.41, 5.74) is 3.59. The Hall–Kier alpha value is -3.93. The van der Waals surface area contributed by atoms with E-state index in [0.29, 0.717) is 37.4 Å². The molecule has 6 nitrogen and oxygen atoms in total. The van der Waals surface area contributed by atoms with Gasteiger partial charge in [-0.15, -0.1) is 6.58 Å². The lowest BCUT2D eigenvalue weighted by Gasteiger charge is -2.40. The van der Waals surface area contributed by atoms with E-state index in [-0.39, 0.29) is 11.8 Å². The lowest BCUT2D eigenvalue weighted by atomic mass is 9.98. The van der Waals surface area contributed by atoms with Gasteiger partial charge in [0, 0.05) is 44.0 Å². The summed E-state index contributed by atoms with van der Waals surface area (Å²) in [6.07, 6.45) is 5.73. The number of rotatable bonds is 7. The van der Waals surface area contributed by atoms with Crippen LogP contribution in [-0.2, 0) is 11.2 Å². The van der Waals surface area contributed by atoms with Crippen molar-refractivity contribution in [2.75, 3.05) is 26.7 Å². The number of carbonyl (C=O) groups is 2. The summed E-state index contributed by atoms with van der Waals surface area (Å²) in [7, 11) is 1.57. The van der Waals surface area contributed by atoms with E-state index in [9.17, 15) is 9.59 Å². The number of aromatic nitrogens is 1. The molecule has 1 unspecified atom stereocenters. The largest absolute Gasteiger partial charge is 0.497 e. The summed E-state index contributed by atoms with van der Waals surface area (Å²) in [5, 5.41) is 0. The first-order valence-corrected chi connectivity index (χ1v) is 10.9. The Kier molecular flexibility index (Phi) is 6.83. The Morgan fingerprint density at radius 3 is 2.64 bits per heavy atom. The molecule has 1 aliphatic rings. The summed E-state index contributed by atoms with van der Waals surface area (Å²) in [4.78, 5) is 34.3. The zero-order valence-corrected chi connectivity index (χ0v) is 18.7. The van der Waals surface area contributed by atoms with Gasteiger partial charge in [0.25, 0.3) is 5.91 Å². The number of carbonyl (C=O) groups excluding carboxylic acids is 2. The Balaban J connectivity index is 1.59. The third kappa shape index (κ3) is 4.95. The predicted octanol–water partition coefficient (Wildman–Crippen LogP) is 3.84. The third-order valence-corrected chi connectivity index (χ3v) is 5.89. The summed E-state index contributed by atoms with van der Waals surface area (Å²) >= 11 is 0. The molecular formula is C27H27N3O3. The van der Waals surface area contributed by atoms with Crippen molar-refractivity contribution in [3.8, 4) is 16.9 Å². The normalized spacial score (nSPS) is 15.9. The molecule has 2 aromatic carbocycles. The van der Waals surface area contributed by atoms with Crippen molar-refractivity contribution in [3.05, 3.63) is 96.8 Å². The van der Waals surface area contributed by atoms with Gasteiger partial charge in [0.1, 0.15) is 11.8 Å². The maximum absolute atomic E-state index is 13.4. The standard InChI is InChI=1S/C27H27N3O3/c1-3-14-29-15-16-30(26(31)22-6-4-8-24(18-22)33-2)25(27(29)32)17-20-9-11-21(12-10-20)23-7-5-13-28-19-23/h3-13,18-19,25H,1,14-17H2,2H3. The van der Waals surface area contributed by atoms with Crippen LogP contribution in [0.1, 0.15) is 15.9 Å². The van der Waals surface area contributed by atoms with Crippen LogP contribution in [0.15, 0.2) is 85.7 Å². The number of pyridine rings is 1. The lowest BCUT2D eigenvalue weighted by molar-refractivity contribution is -0.139. The zero-order valence-electron chi connectivity index (χ0n) is 18.7. The van der Waals surface area contributed by atoms with Crippen LogP contribution in [0.3, 0.4) is 0 Å². The topological polar surface area (TPSA) is 62.7 Å². The number of methoxy groups -OCH3 is 1. The monoisotopic (exact) mass is 441 g/mol. The Morgan fingerprint density at radius 1 is 1.12 bits per heavy atom. The van der Waals surface area contributed by atoms with Gasteiger partial charge in [-0.25, -0.2) is 0 Å². The summed E-state index contributed by atoms with van der Waals surface area (Å²) in [6.45, 7) is 5.18. The third-order valence-electron chi connectivity index (χ3n) is 5.89. The first-order valence-electron chi connectivity index (χ1n) is 10.9. The van der Waals surface area contributed by atoms with Crippen molar-refractivity contribution in [1.29, 1.82) is 0 Å². The molecule has 0 saturated carbocycles. The highest BCUT2D eigenvalue weighted by Gasteiger charge is 2.37. The maximum Gasteiger partial charge on any atom is 0.254 e. The quantitative estimate of drug-likeness (QED) is 0.523. The molecule has 0 bridgehead atoms. The average Bonchev–Trinajstić information content (AvgIpc) is 2.87. The molecule has 1 aromatic heterocycles. The van der Waals surface area contributed by atoms with Crippen LogP contribution < -0.4 is 4.74 Å². The van der Waals surface area contributed by atoms with Crippen molar-refractivity contribution in [3.63, 3.8) is 0 Å². The molecule has 6 heteroatoms. The second-order valence-electron chi connectivity index (χ2n) is 7.96. The van der Waals surface area contributed by atoms with Crippen molar-refractivity contribution in [2.45, 2.75) is 12.5 Å². The fourth-order valence-electron chi connectivity index (χ4n) is 4.13. The van der Waals surface area contributed by atoms with E-state index < -0.39 is 6.04 Å². The smallest absolute Gasteiger partial charge is 0.254 e. The molecule has 0 N–H and O–H groups in total. The highest BCUT2D eigenvalue weighted by atomic mass is 16.5. The van der Waals surface area contributed by atoms with E-state index >= 15 is 0 Å². The van der Waals surface area contributed by atoms with Crippen LogP contribution in [-0.4, -0.2) is 59.4 Å². The van der Waals surface area contributed by atoms with E-state index in [2.05, 4.69) is 11.6 Å². The number of hydrogen-bond acceptors (Lipinski definition) is 4. The molecule has 2 heterocycles. The van der Waals surface area contributed by atoms with E-state index in [1.165, 1.54) is 0 Å². The molecule has 2 amide bonds. The minimum atomic E-state index is -0.582. The van der Waals surface area contributed by atoms with Crippen LogP contribution in [0.2, 0.25) is 0 Å². The molecule has 0 aliphatic carbocycles. The number of nitrogens with zero attached hydrogens (tertiary/aromatic N) is 3. The van der Waals surface area contributed by atoms with Crippen molar-refractivity contribution in [1.82, 2.24) is 14.8 Å². The van der Waals surface area contributed by atoms with Crippen LogP contribution in [0.5, 0.6) is 5.75 Å². The van der Waals surface area contributed by atoms with E-state index in [1.807, 2.05) is 42.6 Å². The van der Waals surface area contributed by atoms with Gasteiger partial charge >= 0.3 is 0 Å². The molecule has 1 aliphatic heterocycles. The van der Waals surface area contributed by atoms with Gasteiger partial charge in [-0.05, 0) is 41.0 Å². The minimum absolute atomic E-state index is 0.0614. The van der Waals surface area contributed by atoms with Gasteiger partial charge in [0.2, 0.25) is 5.91 Å². The first-order chi connectivity index (χ1) is 16.1. The van der Waals surface area contributed by atoms with Crippen LogP contribution >= 0.6 is 0 Å². The Labute approximate surface area is 194 Å². The molecule has 1 saturated heterocycles. The van der Waals surface area contributed by atoms with E-state index in [0.717, 1.165) is 16.7 Å². The molecular weight excluding hydrogens is 414 g/mol. The molecule has 168 valence electrons. The summed E-state index contributed by atoms with van der Waals surface area (Å²) in [6, 6.07) is 18.4. The second-order valence-corrected chi connectivity index (χ2v) is 7.96. The lowest BCUT2D eigenvalue weighted by Crippen LogP contribution is -2.59. The Morgan fingerprint density at radius 2 is 1.94 bits per heavy atom. The summed E-state index contributed by atoms with van der Waals surface area (Å²) < 4.78 is 5.27. The molecule has 3 aromatic rings. The summed E-state index contributed by atoms with van der Waals surface area (Å²) in [5.74, 6) is 0.381. The average molecular weight is 442 g/mol. The van der Waals surface area contributed by atoms with Gasteiger partial charge in [0.15, 0.2) is 0 Å². The van der Waals surface area contributed by atoms with Gasteiger partial charge in [-0.2, -0.15) is 0 Å². The van der Waals surface area contributed by atoms with Gasteiger partial charge in [-0.3, -0.25) is 14.6 Å². The van der Waals surface area contributed by atoms with Gasteiger partial charge in [0.05, 0.1) is 7.11 Å². The molecule has 0 spiro atoms. The molecule has 33 heavy (non-hydrogen) atoms. The molecule has 0 radical (unpaired) electrons. The fraction of sp³-hybridized carbons (Fsp3) is 0.222. The number of benzene rings is 2. The highest BCUT2D eigenvalue weighted by Crippen LogP contribution is 2.23. The highest BCUT2D eigenvalue weighted by molar-refractivity contribution is 5.98. The molecule has 4 rings (SSSR count).